The molecule has 5 heteroatoms. The molecular weight excluding hydrogens is 224 g/mol. The van der Waals surface area contributed by atoms with Crippen molar-refractivity contribution in [1.29, 1.82) is 0 Å². The van der Waals surface area contributed by atoms with Gasteiger partial charge < -0.3 is 5.73 Å². The summed E-state index contributed by atoms with van der Waals surface area (Å²) >= 11 is 0. The molecule has 0 unspecified atom stereocenters. The lowest BCUT2D eigenvalue weighted by molar-refractivity contribution is 0.273. The van der Waals surface area contributed by atoms with Crippen LogP contribution in [0.2, 0.25) is 0 Å². The van der Waals surface area contributed by atoms with Gasteiger partial charge in [0.05, 0.1) is 5.75 Å². The Kier molecular flexibility index (Phi) is 6.51. The summed E-state index contributed by atoms with van der Waals surface area (Å²) in [6.45, 7) is 9.37. The molecule has 0 heterocycles. The van der Waals surface area contributed by atoms with E-state index in [9.17, 15) is 8.42 Å². The molecule has 0 aliphatic rings. The number of nitrogens with two attached hydrogens (primary N) is 1. The van der Waals surface area contributed by atoms with Gasteiger partial charge in [-0.05, 0) is 18.4 Å². The van der Waals surface area contributed by atoms with Crippen molar-refractivity contribution in [3.63, 3.8) is 0 Å². The summed E-state index contributed by atoms with van der Waals surface area (Å²) in [5, 5.41) is 0. The quantitative estimate of drug-likeness (QED) is 0.708. The van der Waals surface area contributed by atoms with Crippen molar-refractivity contribution < 1.29 is 8.42 Å². The molecule has 0 aromatic heterocycles. The second kappa shape index (κ2) is 6.57. The maximum Gasteiger partial charge on any atom is 0.214 e. The van der Waals surface area contributed by atoms with Gasteiger partial charge in [0.2, 0.25) is 10.0 Å². The van der Waals surface area contributed by atoms with Gasteiger partial charge in [-0.25, -0.2) is 12.7 Å². The Morgan fingerprint density at radius 2 is 1.81 bits per heavy atom. The van der Waals surface area contributed by atoms with Gasteiger partial charge in [-0.2, -0.15) is 0 Å². The lowest BCUT2D eigenvalue weighted by Crippen LogP contribution is -2.42. The lowest BCUT2D eigenvalue weighted by atomic mass is 9.94. The van der Waals surface area contributed by atoms with Crippen LogP contribution in [0.1, 0.15) is 40.5 Å². The van der Waals surface area contributed by atoms with Crippen molar-refractivity contribution >= 4 is 10.0 Å². The average Bonchev–Trinajstić information content (AvgIpc) is 2.23. The monoisotopic (exact) mass is 250 g/mol. The number of hydrogen-bond acceptors (Lipinski definition) is 3. The highest BCUT2D eigenvalue weighted by atomic mass is 32.2. The van der Waals surface area contributed by atoms with Crippen molar-refractivity contribution in [3.8, 4) is 0 Å². The van der Waals surface area contributed by atoms with E-state index in [2.05, 4.69) is 0 Å². The van der Waals surface area contributed by atoms with Crippen LogP contribution in [0.3, 0.4) is 0 Å². The second-order valence-electron chi connectivity index (χ2n) is 4.96. The summed E-state index contributed by atoms with van der Waals surface area (Å²) in [5.41, 5.74) is 5.47. The molecule has 2 N–H and O–H groups in total. The summed E-state index contributed by atoms with van der Waals surface area (Å²) in [6.07, 6.45) is 1.62. The van der Waals surface area contributed by atoms with Gasteiger partial charge in [0.25, 0.3) is 0 Å². The number of nitrogens with zero attached hydrogens (tertiary/aromatic N) is 1. The van der Waals surface area contributed by atoms with Crippen LogP contribution in [0.5, 0.6) is 0 Å². The van der Waals surface area contributed by atoms with Crippen LogP contribution < -0.4 is 5.73 Å². The summed E-state index contributed by atoms with van der Waals surface area (Å²) in [5.74, 6) is 0.248. The van der Waals surface area contributed by atoms with Gasteiger partial charge in [-0.15, -0.1) is 0 Å². The van der Waals surface area contributed by atoms with E-state index in [1.54, 1.807) is 4.31 Å². The zero-order chi connectivity index (χ0) is 12.8. The Morgan fingerprint density at radius 1 is 1.25 bits per heavy atom. The molecule has 0 fully saturated rings. The smallest absolute Gasteiger partial charge is 0.214 e. The highest BCUT2D eigenvalue weighted by Gasteiger charge is 2.26. The minimum absolute atomic E-state index is 0.157. The fraction of sp³-hybridized carbons (Fsp3) is 1.00. The van der Waals surface area contributed by atoms with E-state index in [1.165, 1.54) is 0 Å². The highest BCUT2D eigenvalue weighted by Crippen LogP contribution is 2.17. The molecule has 0 saturated carbocycles. The molecule has 0 atom stereocenters. The SMILES string of the molecule is CCCCS(=O)(=O)N(CC)CC(C)(C)CN. The van der Waals surface area contributed by atoms with E-state index in [4.69, 9.17) is 5.73 Å². The molecule has 0 amide bonds. The first-order valence-corrected chi connectivity index (χ1v) is 7.58. The lowest BCUT2D eigenvalue weighted by Gasteiger charge is -2.30. The molecule has 0 rings (SSSR count). The predicted octanol–water partition coefficient (Wildman–Crippen LogP) is 1.42. The Bertz CT molecular complexity index is 286. The first-order chi connectivity index (χ1) is 7.29. The van der Waals surface area contributed by atoms with E-state index < -0.39 is 10.0 Å². The minimum atomic E-state index is -3.10. The van der Waals surface area contributed by atoms with Crippen LogP contribution in [0.15, 0.2) is 0 Å². The van der Waals surface area contributed by atoms with Crippen LogP contribution >= 0.6 is 0 Å². The molecule has 0 spiro atoms. The molecule has 0 aromatic carbocycles. The maximum atomic E-state index is 12.0. The van der Waals surface area contributed by atoms with Crippen molar-refractivity contribution in [2.45, 2.75) is 40.5 Å². The molecule has 0 radical (unpaired) electrons. The van der Waals surface area contributed by atoms with Gasteiger partial charge >= 0.3 is 0 Å². The van der Waals surface area contributed by atoms with Gasteiger partial charge in [0.1, 0.15) is 0 Å². The highest BCUT2D eigenvalue weighted by molar-refractivity contribution is 7.89. The van der Waals surface area contributed by atoms with Crippen LogP contribution in [0.25, 0.3) is 0 Å². The number of rotatable bonds is 8. The van der Waals surface area contributed by atoms with E-state index in [0.29, 0.717) is 19.6 Å². The largest absolute Gasteiger partial charge is 0.330 e. The molecule has 16 heavy (non-hydrogen) atoms. The first-order valence-electron chi connectivity index (χ1n) is 5.97. The minimum Gasteiger partial charge on any atom is -0.330 e. The fourth-order valence-corrected chi connectivity index (χ4v) is 3.26. The molecule has 0 aromatic rings. The molecule has 0 bridgehead atoms. The number of sulfonamides is 1. The zero-order valence-corrected chi connectivity index (χ0v) is 11.8. The third-order valence-electron chi connectivity index (χ3n) is 2.66. The third kappa shape index (κ3) is 5.27. The van der Waals surface area contributed by atoms with E-state index in [1.807, 2.05) is 27.7 Å². The predicted molar refractivity (Wildman–Crippen MR) is 68.8 cm³/mol. The Balaban J connectivity index is 4.60. The zero-order valence-electron chi connectivity index (χ0n) is 11.0. The van der Waals surface area contributed by atoms with Crippen molar-refractivity contribution in [1.82, 2.24) is 4.31 Å². The Labute approximate surface area is 100 Å². The third-order valence-corrected chi connectivity index (χ3v) is 4.64. The summed E-state index contributed by atoms with van der Waals surface area (Å²) in [7, 11) is -3.10. The fourth-order valence-electron chi connectivity index (χ4n) is 1.40. The van der Waals surface area contributed by atoms with Crippen LogP contribution in [-0.2, 0) is 10.0 Å². The van der Waals surface area contributed by atoms with Crippen LogP contribution in [0, 0.1) is 5.41 Å². The van der Waals surface area contributed by atoms with Gasteiger partial charge in [-0.1, -0.05) is 34.1 Å². The summed E-state index contributed by atoms with van der Waals surface area (Å²) in [6, 6.07) is 0. The van der Waals surface area contributed by atoms with E-state index in [-0.39, 0.29) is 11.2 Å². The van der Waals surface area contributed by atoms with Crippen molar-refractivity contribution in [2.75, 3.05) is 25.4 Å². The number of unbranched alkanes of at least 4 members (excludes halogenated alkanes) is 1. The topological polar surface area (TPSA) is 63.4 Å². The standard InChI is InChI=1S/C11H26N2O2S/c1-5-7-8-16(14,15)13(6-2)10-11(3,4)9-12/h5-10,12H2,1-4H3. The van der Waals surface area contributed by atoms with E-state index in [0.717, 1.165) is 12.8 Å². The van der Waals surface area contributed by atoms with Crippen molar-refractivity contribution in [3.05, 3.63) is 0 Å². The van der Waals surface area contributed by atoms with Gasteiger partial charge in [0.15, 0.2) is 0 Å². The maximum absolute atomic E-state index is 12.0. The second-order valence-corrected chi connectivity index (χ2v) is 7.05. The summed E-state index contributed by atoms with van der Waals surface area (Å²) in [4.78, 5) is 0. The Hall–Kier alpha value is -0.130. The summed E-state index contributed by atoms with van der Waals surface area (Å²) < 4.78 is 25.5. The number of hydrogen-bond donors (Lipinski definition) is 1. The van der Waals surface area contributed by atoms with Gasteiger partial charge in [-0.3, -0.25) is 0 Å². The molecular formula is C11H26N2O2S. The molecule has 98 valence electrons. The first kappa shape index (κ1) is 15.9. The van der Waals surface area contributed by atoms with Crippen molar-refractivity contribution in [2.24, 2.45) is 11.1 Å². The molecule has 0 saturated heterocycles. The van der Waals surface area contributed by atoms with Gasteiger partial charge in [0, 0.05) is 13.1 Å². The Morgan fingerprint density at radius 3 is 2.19 bits per heavy atom. The molecule has 0 aliphatic heterocycles. The van der Waals surface area contributed by atoms with E-state index >= 15 is 0 Å². The normalized spacial score (nSPS) is 13.4. The van der Waals surface area contributed by atoms with Crippen LogP contribution in [-0.4, -0.2) is 38.1 Å². The van der Waals surface area contributed by atoms with Crippen LogP contribution in [0.4, 0.5) is 0 Å². The average molecular weight is 250 g/mol. The molecule has 4 nitrogen and oxygen atoms in total. The molecule has 0 aliphatic carbocycles.